The van der Waals surface area contributed by atoms with Gasteiger partial charge in [-0.15, -0.1) is 0 Å². The summed E-state index contributed by atoms with van der Waals surface area (Å²) in [6.45, 7) is 0.370. The molecule has 1 heterocycles. The topological polar surface area (TPSA) is 59.4 Å². The van der Waals surface area contributed by atoms with Crippen LogP contribution in [0, 0.1) is 0 Å². The Morgan fingerprint density at radius 1 is 1.04 bits per heavy atom. The zero-order valence-corrected chi connectivity index (χ0v) is 12.6. The third kappa shape index (κ3) is 3.66. The van der Waals surface area contributed by atoms with Crippen molar-refractivity contribution in [3.05, 3.63) is 60.7 Å². The number of ether oxygens (including phenoxy) is 1. The molecule has 3 rings (SSSR count). The summed E-state index contributed by atoms with van der Waals surface area (Å²) in [5.74, 6) is -0.0713. The highest BCUT2D eigenvalue weighted by molar-refractivity contribution is 5.87. The number of para-hydroxylation sites is 1. The summed E-state index contributed by atoms with van der Waals surface area (Å²) in [5, 5.41) is 9.64. The molecule has 0 aliphatic carbocycles. The van der Waals surface area contributed by atoms with Gasteiger partial charge in [0.1, 0.15) is 5.75 Å². The van der Waals surface area contributed by atoms with Crippen molar-refractivity contribution >= 4 is 16.9 Å². The number of hydrogen-bond donors (Lipinski definition) is 1. The third-order valence-electron chi connectivity index (χ3n) is 3.54. The largest absolute Gasteiger partial charge is 0.493 e. The van der Waals surface area contributed by atoms with Crippen LogP contribution in [0.1, 0.15) is 12.8 Å². The maximum Gasteiger partial charge on any atom is 0.303 e. The van der Waals surface area contributed by atoms with E-state index in [1.807, 2.05) is 60.7 Å². The molecule has 4 nitrogen and oxygen atoms in total. The molecular weight excluding hydrogens is 290 g/mol. The van der Waals surface area contributed by atoms with Gasteiger partial charge in [0.25, 0.3) is 0 Å². The molecule has 3 aromatic rings. The van der Waals surface area contributed by atoms with E-state index in [1.54, 1.807) is 0 Å². The van der Waals surface area contributed by atoms with Crippen molar-refractivity contribution in [3.8, 4) is 17.0 Å². The first-order chi connectivity index (χ1) is 11.2. The standard InChI is InChI=1S/C19H17NO3/c21-19(22)11-6-12-23-18-13-17(14-7-2-1-3-8-14)20-16-10-5-4-9-15(16)18/h1-5,7-10,13H,6,11-12H2,(H,21,22). The van der Waals surface area contributed by atoms with E-state index in [9.17, 15) is 4.79 Å². The van der Waals surface area contributed by atoms with Crippen molar-refractivity contribution in [1.82, 2.24) is 4.98 Å². The molecule has 0 radical (unpaired) electrons. The van der Waals surface area contributed by atoms with Gasteiger partial charge in [-0.05, 0) is 18.6 Å². The van der Waals surface area contributed by atoms with E-state index in [4.69, 9.17) is 9.84 Å². The summed E-state index contributed by atoms with van der Waals surface area (Å²) < 4.78 is 5.83. The van der Waals surface area contributed by atoms with Crippen LogP contribution in [-0.2, 0) is 4.79 Å². The van der Waals surface area contributed by atoms with E-state index in [2.05, 4.69) is 4.98 Å². The average Bonchev–Trinajstić information content (AvgIpc) is 2.59. The number of rotatable bonds is 6. The van der Waals surface area contributed by atoms with Gasteiger partial charge < -0.3 is 9.84 Å². The number of pyridine rings is 1. The number of aromatic nitrogens is 1. The van der Waals surface area contributed by atoms with Gasteiger partial charge in [0.05, 0.1) is 17.8 Å². The van der Waals surface area contributed by atoms with Gasteiger partial charge >= 0.3 is 5.97 Å². The van der Waals surface area contributed by atoms with Crippen LogP contribution in [0.5, 0.6) is 5.75 Å². The zero-order chi connectivity index (χ0) is 16.1. The minimum absolute atomic E-state index is 0.106. The lowest BCUT2D eigenvalue weighted by atomic mass is 10.1. The van der Waals surface area contributed by atoms with E-state index >= 15 is 0 Å². The van der Waals surface area contributed by atoms with Gasteiger partial charge in [-0.1, -0.05) is 42.5 Å². The number of carbonyl (C=O) groups is 1. The second kappa shape index (κ2) is 6.92. The molecule has 1 aromatic heterocycles. The second-order valence-electron chi connectivity index (χ2n) is 5.23. The van der Waals surface area contributed by atoms with Crippen LogP contribution in [0.2, 0.25) is 0 Å². The van der Waals surface area contributed by atoms with Crippen LogP contribution in [-0.4, -0.2) is 22.7 Å². The number of fused-ring (bicyclic) bond motifs is 1. The van der Waals surface area contributed by atoms with Crippen molar-refractivity contribution in [2.45, 2.75) is 12.8 Å². The molecule has 0 atom stereocenters. The molecule has 4 heteroatoms. The number of nitrogens with zero attached hydrogens (tertiary/aromatic N) is 1. The molecule has 0 aliphatic heterocycles. The Morgan fingerprint density at radius 2 is 1.78 bits per heavy atom. The van der Waals surface area contributed by atoms with Crippen LogP contribution >= 0.6 is 0 Å². The Hall–Kier alpha value is -2.88. The molecule has 1 N–H and O–H groups in total. The number of carboxylic acids is 1. The Morgan fingerprint density at radius 3 is 2.57 bits per heavy atom. The smallest absolute Gasteiger partial charge is 0.303 e. The van der Waals surface area contributed by atoms with Gasteiger partial charge in [-0.25, -0.2) is 4.98 Å². The monoisotopic (exact) mass is 307 g/mol. The molecular formula is C19H17NO3. The van der Waals surface area contributed by atoms with Crippen molar-refractivity contribution in [2.24, 2.45) is 0 Å². The van der Waals surface area contributed by atoms with Crippen molar-refractivity contribution in [1.29, 1.82) is 0 Å². The lowest BCUT2D eigenvalue weighted by molar-refractivity contribution is -0.137. The molecule has 23 heavy (non-hydrogen) atoms. The summed E-state index contributed by atoms with van der Waals surface area (Å²) in [6, 6.07) is 19.6. The Balaban J connectivity index is 1.93. The quantitative estimate of drug-likeness (QED) is 0.695. The first-order valence-electron chi connectivity index (χ1n) is 7.54. The van der Waals surface area contributed by atoms with Crippen molar-refractivity contribution in [2.75, 3.05) is 6.61 Å². The number of carboxylic acid groups (broad SMARTS) is 1. The van der Waals surface area contributed by atoms with Gasteiger partial charge in [-0.3, -0.25) is 4.79 Å². The minimum atomic E-state index is -0.807. The van der Waals surface area contributed by atoms with Gasteiger partial charge in [0.2, 0.25) is 0 Å². The predicted octanol–water partition coefficient (Wildman–Crippen LogP) is 4.15. The highest BCUT2D eigenvalue weighted by Gasteiger charge is 2.08. The van der Waals surface area contributed by atoms with Crippen LogP contribution in [0.3, 0.4) is 0 Å². The normalized spacial score (nSPS) is 10.6. The van der Waals surface area contributed by atoms with E-state index < -0.39 is 5.97 Å². The molecule has 0 aliphatic rings. The SMILES string of the molecule is O=C(O)CCCOc1cc(-c2ccccc2)nc2ccccc12. The summed E-state index contributed by atoms with van der Waals surface area (Å²) in [6.07, 6.45) is 0.585. The highest BCUT2D eigenvalue weighted by Crippen LogP contribution is 2.30. The molecule has 0 amide bonds. The number of benzene rings is 2. The molecule has 116 valence electrons. The Kier molecular flexibility index (Phi) is 4.52. The summed E-state index contributed by atoms with van der Waals surface area (Å²) >= 11 is 0. The molecule has 0 saturated heterocycles. The average molecular weight is 307 g/mol. The Bertz CT molecular complexity index is 815. The van der Waals surface area contributed by atoms with Crippen LogP contribution in [0.25, 0.3) is 22.2 Å². The summed E-state index contributed by atoms with van der Waals surface area (Å²) in [5.41, 5.74) is 2.73. The van der Waals surface area contributed by atoms with Crippen LogP contribution in [0.15, 0.2) is 60.7 Å². The number of hydrogen-bond acceptors (Lipinski definition) is 3. The lowest BCUT2D eigenvalue weighted by Gasteiger charge is -2.11. The lowest BCUT2D eigenvalue weighted by Crippen LogP contribution is -2.03. The fraction of sp³-hybridized carbons (Fsp3) is 0.158. The third-order valence-corrected chi connectivity index (χ3v) is 3.54. The van der Waals surface area contributed by atoms with Gasteiger partial charge in [0.15, 0.2) is 0 Å². The molecule has 0 saturated carbocycles. The molecule has 0 unspecified atom stereocenters. The first kappa shape index (κ1) is 15.0. The van der Waals surface area contributed by atoms with Crippen LogP contribution < -0.4 is 4.74 Å². The highest BCUT2D eigenvalue weighted by atomic mass is 16.5. The predicted molar refractivity (Wildman–Crippen MR) is 89.5 cm³/mol. The first-order valence-corrected chi connectivity index (χ1v) is 7.54. The van der Waals surface area contributed by atoms with Crippen LogP contribution in [0.4, 0.5) is 0 Å². The van der Waals surface area contributed by atoms with Gasteiger partial charge in [-0.2, -0.15) is 0 Å². The maximum absolute atomic E-state index is 10.6. The van der Waals surface area contributed by atoms with Crippen molar-refractivity contribution in [3.63, 3.8) is 0 Å². The summed E-state index contributed by atoms with van der Waals surface area (Å²) in [7, 11) is 0. The molecule has 0 bridgehead atoms. The zero-order valence-electron chi connectivity index (χ0n) is 12.6. The minimum Gasteiger partial charge on any atom is -0.493 e. The van der Waals surface area contributed by atoms with Crippen molar-refractivity contribution < 1.29 is 14.6 Å². The molecule has 0 fully saturated rings. The van der Waals surface area contributed by atoms with E-state index in [0.29, 0.717) is 13.0 Å². The molecule has 2 aromatic carbocycles. The second-order valence-corrected chi connectivity index (χ2v) is 5.23. The van der Waals surface area contributed by atoms with Gasteiger partial charge in [0, 0.05) is 23.4 Å². The fourth-order valence-corrected chi connectivity index (χ4v) is 2.43. The van der Waals surface area contributed by atoms with E-state index in [1.165, 1.54) is 0 Å². The number of aliphatic carboxylic acids is 1. The maximum atomic E-state index is 10.6. The fourth-order valence-electron chi connectivity index (χ4n) is 2.43. The van der Waals surface area contributed by atoms with E-state index in [0.717, 1.165) is 27.9 Å². The van der Waals surface area contributed by atoms with E-state index in [-0.39, 0.29) is 6.42 Å². The Labute approximate surface area is 134 Å². The molecule has 0 spiro atoms. The summed E-state index contributed by atoms with van der Waals surface area (Å²) in [4.78, 5) is 15.3.